The van der Waals surface area contributed by atoms with Crippen molar-refractivity contribution in [2.75, 3.05) is 16.6 Å². The summed E-state index contributed by atoms with van der Waals surface area (Å²) in [7, 11) is -3.30. The van der Waals surface area contributed by atoms with Crippen molar-refractivity contribution in [1.82, 2.24) is 0 Å². The van der Waals surface area contributed by atoms with Crippen LogP contribution in [-0.2, 0) is 10.0 Å². The maximum Gasteiger partial charge on any atom is 0.255 e. The fraction of sp³-hybridized carbons (Fsp3) is 0.278. The van der Waals surface area contributed by atoms with Crippen LogP contribution in [0.3, 0.4) is 0 Å². The first-order chi connectivity index (χ1) is 12.0. The molecule has 0 aliphatic heterocycles. The molecule has 1 aliphatic carbocycles. The molecule has 0 spiro atoms. The average molecular weight is 360 g/mol. The van der Waals surface area contributed by atoms with Gasteiger partial charge in [-0.1, -0.05) is 12.1 Å². The molecule has 0 unspecified atom stereocenters. The van der Waals surface area contributed by atoms with Gasteiger partial charge in [-0.05, 0) is 56.2 Å². The number of benzene rings is 2. The molecule has 0 heterocycles. The molecule has 1 saturated carbocycles. The topological polar surface area (TPSA) is 84.5 Å². The number of rotatable bonds is 7. The van der Waals surface area contributed by atoms with Gasteiger partial charge in [0, 0.05) is 11.3 Å². The minimum absolute atomic E-state index is 0.287. The number of para-hydroxylation sites is 2. The number of nitrogens with one attached hydrogen (secondary N) is 2. The quantitative estimate of drug-likeness (QED) is 0.794. The monoisotopic (exact) mass is 360 g/mol. The fourth-order valence-corrected chi connectivity index (χ4v) is 3.75. The van der Waals surface area contributed by atoms with Crippen LogP contribution in [0, 0.1) is 0 Å². The minimum atomic E-state index is -3.30. The van der Waals surface area contributed by atoms with Crippen LogP contribution in [0.5, 0.6) is 5.75 Å². The van der Waals surface area contributed by atoms with Crippen molar-refractivity contribution in [2.24, 2.45) is 0 Å². The molecule has 7 heteroatoms. The van der Waals surface area contributed by atoms with Crippen molar-refractivity contribution in [3.05, 3.63) is 54.1 Å². The second-order valence-electron chi connectivity index (χ2n) is 5.81. The van der Waals surface area contributed by atoms with E-state index in [-0.39, 0.29) is 11.2 Å². The summed E-state index contributed by atoms with van der Waals surface area (Å²) in [6, 6.07) is 13.5. The molecule has 6 nitrogen and oxygen atoms in total. The molecule has 0 bridgehead atoms. The lowest BCUT2D eigenvalue weighted by Gasteiger charge is -2.12. The highest BCUT2D eigenvalue weighted by Gasteiger charge is 2.35. The molecule has 1 aliphatic rings. The predicted molar refractivity (Wildman–Crippen MR) is 97.6 cm³/mol. The Bertz CT molecular complexity index is 859. The molecule has 2 N–H and O–H groups in total. The van der Waals surface area contributed by atoms with E-state index in [4.69, 9.17) is 4.74 Å². The molecule has 0 saturated heterocycles. The number of ether oxygens (including phenoxy) is 1. The number of carbonyl (C=O) groups is 1. The fourth-order valence-electron chi connectivity index (χ4n) is 2.36. The number of hydrogen-bond donors (Lipinski definition) is 2. The third-order valence-electron chi connectivity index (χ3n) is 3.81. The lowest BCUT2D eigenvalue weighted by Crippen LogP contribution is -2.17. The molecular formula is C18H20N2O4S. The van der Waals surface area contributed by atoms with Gasteiger partial charge in [0.2, 0.25) is 10.0 Å². The van der Waals surface area contributed by atoms with Crippen molar-refractivity contribution in [2.45, 2.75) is 25.0 Å². The zero-order valence-corrected chi connectivity index (χ0v) is 14.7. The lowest BCUT2D eigenvalue weighted by molar-refractivity contribution is 0.102. The van der Waals surface area contributed by atoms with Crippen molar-refractivity contribution >= 4 is 27.3 Å². The van der Waals surface area contributed by atoms with Gasteiger partial charge in [-0.3, -0.25) is 9.52 Å². The average Bonchev–Trinajstić information content (AvgIpc) is 3.43. The highest BCUT2D eigenvalue weighted by Crippen LogP contribution is 2.30. The number of amides is 1. The number of carbonyl (C=O) groups excluding carboxylic acids is 1. The zero-order valence-electron chi connectivity index (χ0n) is 13.9. The van der Waals surface area contributed by atoms with E-state index in [1.165, 1.54) is 0 Å². The summed E-state index contributed by atoms with van der Waals surface area (Å²) in [4.78, 5) is 12.4. The number of anilines is 2. The summed E-state index contributed by atoms with van der Waals surface area (Å²) in [5, 5.41) is 2.52. The van der Waals surface area contributed by atoms with E-state index < -0.39 is 10.0 Å². The van der Waals surface area contributed by atoms with E-state index in [1.54, 1.807) is 36.4 Å². The van der Waals surface area contributed by atoms with Gasteiger partial charge in [0.1, 0.15) is 5.75 Å². The summed E-state index contributed by atoms with van der Waals surface area (Å²) >= 11 is 0. The second kappa shape index (κ2) is 7.14. The largest absolute Gasteiger partial charge is 0.492 e. The van der Waals surface area contributed by atoms with E-state index in [0.29, 0.717) is 42.1 Å². The standard InChI is InChI=1S/C18H20N2O4S/c1-2-24-17-6-4-3-5-16(17)19-18(21)13-7-9-14(10-8-13)20-25(22,23)15-11-12-15/h3-10,15,20H,2,11-12H2,1H3,(H,19,21). The van der Waals surface area contributed by atoms with Crippen molar-refractivity contribution in [3.63, 3.8) is 0 Å². The van der Waals surface area contributed by atoms with Crippen LogP contribution in [0.2, 0.25) is 0 Å². The van der Waals surface area contributed by atoms with Crippen molar-refractivity contribution < 1.29 is 17.9 Å². The Morgan fingerprint density at radius 3 is 2.44 bits per heavy atom. The van der Waals surface area contributed by atoms with E-state index in [9.17, 15) is 13.2 Å². The molecule has 1 amide bonds. The van der Waals surface area contributed by atoms with Crippen LogP contribution >= 0.6 is 0 Å². The van der Waals surface area contributed by atoms with E-state index in [2.05, 4.69) is 10.0 Å². The molecular weight excluding hydrogens is 340 g/mol. The SMILES string of the molecule is CCOc1ccccc1NC(=O)c1ccc(NS(=O)(=O)C2CC2)cc1. The molecule has 25 heavy (non-hydrogen) atoms. The Kier molecular flexibility index (Phi) is 4.94. The van der Waals surface area contributed by atoms with Gasteiger partial charge in [0.15, 0.2) is 0 Å². The maximum absolute atomic E-state index is 12.4. The van der Waals surface area contributed by atoms with E-state index in [1.807, 2.05) is 19.1 Å². The van der Waals surface area contributed by atoms with Crippen LogP contribution in [0.15, 0.2) is 48.5 Å². The van der Waals surface area contributed by atoms with Crippen LogP contribution in [0.25, 0.3) is 0 Å². The molecule has 1 fully saturated rings. The third kappa shape index (κ3) is 4.30. The summed E-state index contributed by atoms with van der Waals surface area (Å²) in [5.74, 6) is 0.316. The van der Waals surface area contributed by atoms with Crippen LogP contribution in [0.4, 0.5) is 11.4 Å². The molecule has 0 radical (unpaired) electrons. The number of hydrogen-bond acceptors (Lipinski definition) is 4. The first-order valence-electron chi connectivity index (χ1n) is 8.14. The van der Waals surface area contributed by atoms with Gasteiger partial charge in [-0.2, -0.15) is 0 Å². The summed E-state index contributed by atoms with van der Waals surface area (Å²) < 4.78 is 31.9. The van der Waals surface area contributed by atoms with Crippen LogP contribution in [0.1, 0.15) is 30.1 Å². The van der Waals surface area contributed by atoms with Crippen LogP contribution < -0.4 is 14.8 Å². The van der Waals surface area contributed by atoms with Gasteiger partial charge in [-0.15, -0.1) is 0 Å². The van der Waals surface area contributed by atoms with Crippen LogP contribution in [-0.4, -0.2) is 26.2 Å². The Balaban J connectivity index is 1.69. The highest BCUT2D eigenvalue weighted by molar-refractivity contribution is 7.93. The Labute approximate surface area is 147 Å². The van der Waals surface area contributed by atoms with Crippen molar-refractivity contribution in [3.8, 4) is 5.75 Å². The maximum atomic E-state index is 12.4. The van der Waals surface area contributed by atoms with Gasteiger partial charge in [0.25, 0.3) is 5.91 Å². The predicted octanol–water partition coefficient (Wildman–Crippen LogP) is 3.24. The molecule has 3 rings (SSSR count). The summed E-state index contributed by atoms with van der Waals surface area (Å²) in [6.45, 7) is 2.38. The smallest absolute Gasteiger partial charge is 0.255 e. The first kappa shape index (κ1) is 17.3. The minimum Gasteiger partial charge on any atom is -0.492 e. The highest BCUT2D eigenvalue weighted by atomic mass is 32.2. The first-order valence-corrected chi connectivity index (χ1v) is 9.69. The zero-order chi connectivity index (χ0) is 17.9. The molecule has 0 aromatic heterocycles. The van der Waals surface area contributed by atoms with Gasteiger partial charge in [-0.25, -0.2) is 8.42 Å². The van der Waals surface area contributed by atoms with Gasteiger partial charge >= 0.3 is 0 Å². The molecule has 2 aromatic rings. The molecule has 2 aromatic carbocycles. The summed E-state index contributed by atoms with van der Waals surface area (Å²) in [6.07, 6.45) is 1.41. The Morgan fingerprint density at radius 1 is 1.12 bits per heavy atom. The van der Waals surface area contributed by atoms with E-state index >= 15 is 0 Å². The summed E-state index contributed by atoms with van der Waals surface area (Å²) in [5.41, 5.74) is 1.48. The second-order valence-corrected chi connectivity index (χ2v) is 7.77. The lowest BCUT2D eigenvalue weighted by atomic mass is 10.2. The Morgan fingerprint density at radius 2 is 1.80 bits per heavy atom. The van der Waals surface area contributed by atoms with Gasteiger partial charge < -0.3 is 10.1 Å². The molecule has 0 atom stereocenters. The molecule has 132 valence electrons. The normalized spacial score (nSPS) is 14.0. The van der Waals surface area contributed by atoms with E-state index in [0.717, 1.165) is 0 Å². The Hall–Kier alpha value is -2.54. The van der Waals surface area contributed by atoms with Crippen molar-refractivity contribution in [1.29, 1.82) is 0 Å². The third-order valence-corrected chi connectivity index (χ3v) is 5.67. The number of sulfonamides is 1. The van der Waals surface area contributed by atoms with Gasteiger partial charge in [0.05, 0.1) is 17.5 Å².